The summed E-state index contributed by atoms with van der Waals surface area (Å²) in [6.07, 6.45) is 2.81. The number of aromatic nitrogens is 2. The van der Waals surface area contributed by atoms with Crippen molar-refractivity contribution in [1.82, 2.24) is 15.0 Å². The van der Waals surface area contributed by atoms with Crippen molar-refractivity contribution in [3.05, 3.63) is 35.2 Å². The second-order valence-electron chi connectivity index (χ2n) is 5.64. The molecule has 1 aromatic carbocycles. The lowest BCUT2D eigenvalue weighted by molar-refractivity contribution is -0.131. The van der Waals surface area contributed by atoms with Crippen LogP contribution >= 0.6 is 11.6 Å². The van der Waals surface area contributed by atoms with E-state index in [1.54, 1.807) is 12.1 Å². The number of halogens is 1. The number of benzene rings is 1. The van der Waals surface area contributed by atoms with Crippen LogP contribution in [0.2, 0.25) is 5.02 Å². The van der Waals surface area contributed by atoms with Gasteiger partial charge in [0.2, 0.25) is 17.6 Å². The van der Waals surface area contributed by atoms with Gasteiger partial charge in [0.25, 0.3) is 0 Å². The highest BCUT2D eigenvalue weighted by atomic mass is 35.5. The number of carbonyl (C=O) groups excluding carboxylic acids is 1. The van der Waals surface area contributed by atoms with Crippen LogP contribution in [0.15, 0.2) is 28.8 Å². The molecule has 7 heteroatoms. The van der Waals surface area contributed by atoms with E-state index in [1.165, 1.54) is 0 Å². The van der Waals surface area contributed by atoms with Crippen molar-refractivity contribution in [3.63, 3.8) is 0 Å². The normalized spacial score (nSPS) is 17.7. The highest BCUT2D eigenvalue weighted by Crippen LogP contribution is 2.20. The first-order chi connectivity index (χ1) is 11.2. The summed E-state index contributed by atoms with van der Waals surface area (Å²) in [6, 6.07) is 7.39. The molecule has 2 heterocycles. The number of hydrogen-bond acceptors (Lipinski definition) is 5. The minimum Gasteiger partial charge on any atom is -0.339 e. The molecule has 0 bridgehead atoms. The zero-order valence-corrected chi connectivity index (χ0v) is 13.5. The van der Waals surface area contributed by atoms with Crippen LogP contribution in [0.3, 0.4) is 0 Å². The molecule has 1 aliphatic rings. The van der Waals surface area contributed by atoms with Crippen molar-refractivity contribution in [2.75, 3.05) is 13.1 Å². The quantitative estimate of drug-likeness (QED) is 0.906. The third-order valence-corrected chi connectivity index (χ3v) is 4.34. The standard InChI is InChI=1S/C16H19ClN4O2/c17-12-5-3-11(4-6-12)16-19-14(23-20-16)7-8-15(22)21-9-1-2-13(21)10-18/h3-6,13H,1-2,7-10,18H2. The van der Waals surface area contributed by atoms with Crippen LogP contribution in [0.25, 0.3) is 11.4 Å². The number of amides is 1. The van der Waals surface area contributed by atoms with Gasteiger partial charge in [-0.25, -0.2) is 0 Å². The van der Waals surface area contributed by atoms with Gasteiger partial charge in [0.1, 0.15) is 0 Å². The van der Waals surface area contributed by atoms with Crippen molar-refractivity contribution < 1.29 is 9.32 Å². The van der Waals surface area contributed by atoms with Gasteiger partial charge in [-0.3, -0.25) is 4.79 Å². The minimum atomic E-state index is 0.101. The highest BCUT2D eigenvalue weighted by molar-refractivity contribution is 6.30. The summed E-state index contributed by atoms with van der Waals surface area (Å²) in [4.78, 5) is 18.5. The lowest BCUT2D eigenvalue weighted by Gasteiger charge is -2.23. The van der Waals surface area contributed by atoms with Gasteiger partial charge < -0.3 is 15.2 Å². The Morgan fingerprint density at radius 1 is 1.39 bits per heavy atom. The Hall–Kier alpha value is -1.92. The summed E-state index contributed by atoms with van der Waals surface area (Å²) in [7, 11) is 0. The smallest absolute Gasteiger partial charge is 0.227 e. The van der Waals surface area contributed by atoms with Crippen molar-refractivity contribution in [2.45, 2.75) is 31.7 Å². The Labute approximate surface area is 139 Å². The fraction of sp³-hybridized carbons (Fsp3) is 0.438. The maximum Gasteiger partial charge on any atom is 0.227 e. The van der Waals surface area contributed by atoms with Crippen LogP contribution in [0.4, 0.5) is 0 Å². The lowest BCUT2D eigenvalue weighted by Crippen LogP contribution is -2.40. The largest absolute Gasteiger partial charge is 0.339 e. The molecule has 1 saturated heterocycles. The van der Waals surface area contributed by atoms with Gasteiger partial charge in [-0.1, -0.05) is 16.8 Å². The van der Waals surface area contributed by atoms with Crippen LogP contribution in [0, 0.1) is 0 Å². The molecule has 0 radical (unpaired) electrons. The first-order valence-corrected chi connectivity index (χ1v) is 8.13. The van der Waals surface area contributed by atoms with Crippen molar-refractivity contribution in [3.8, 4) is 11.4 Å². The van der Waals surface area contributed by atoms with Gasteiger partial charge in [-0.2, -0.15) is 4.98 Å². The molecule has 1 amide bonds. The van der Waals surface area contributed by atoms with E-state index in [4.69, 9.17) is 21.9 Å². The fourth-order valence-electron chi connectivity index (χ4n) is 2.84. The summed E-state index contributed by atoms with van der Waals surface area (Å²) < 4.78 is 5.23. The Bertz CT molecular complexity index is 671. The number of aryl methyl sites for hydroxylation is 1. The minimum absolute atomic E-state index is 0.101. The molecule has 1 aromatic heterocycles. The van der Waals surface area contributed by atoms with Crippen molar-refractivity contribution in [1.29, 1.82) is 0 Å². The molecule has 2 N–H and O–H groups in total. The molecule has 1 unspecified atom stereocenters. The molecule has 1 fully saturated rings. The van der Waals surface area contributed by atoms with E-state index in [0.717, 1.165) is 24.9 Å². The van der Waals surface area contributed by atoms with Crippen molar-refractivity contribution in [2.24, 2.45) is 5.73 Å². The fourth-order valence-corrected chi connectivity index (χ4v) is 2.97. The maximum atomic E-state index is 12.3. The SMILES string of the molecule is NCC1CCCN1C(=O)CCc1nc(-c2ccc(Cl)cc2)no1. The van der Waals surface area contributed by atoms with E-state index in [2.05, 4.69) is 10.1 Å². The molecule has 23 heavy (non-hydrogen) atoms. The number of carbonyl (C=O) groups is 1. The predicted octanol–water partition coefficient (Wildman–Crippen LogP) is 2.27. The molecule has 0 aliphatic carbocycles. The molecular weight excluding hydrogens is 316 g/mol. The maximum absolute atomic E-state index is 12.3. The molecular formula is C16H19ClN4O2. The Morgan fingerprint density at radius 3 is 2.91 bits per heavy atom. The van der Waals surface area contributed by atoms with Gasteiger partial charge in [0, 0.05) is 42.6 Å². The number of hydrogen-bond donors (Lipinski definition) is 1. The van der Waals surface area contributed by atoms with Crippen molar-refractivity contribution >= 4 is 17.5 Å². The summed E-state index contributed by atoms with van der Waals surface area (Å²) in [5.74, 6) is 1.07. The molecule has 1 atom stereocenters. The topological polar surface area (TPSA) is 85.2 Å². The number of nitrogens with two attached hydrogens (primary N) is 1. The molecule has 6 nitrogen and oxygen atoms in total. The zero-order valence-electron chi connectivity index (χ0n) is 12.7. The van der Waals surface area contributed by atoms with E-state index < -0.39 is 0 Å². The van der Waals surface area contributed by atoms with Gasteiger partial charge in [-0.15, -0.1) is 0 Å². The number of rotatable bonds is 5. The van der Waals surface area contributed by atoms with Gasteiger partial charge in [-0.05, 0) is 37.1 Å². The third-order valence-electron chi connectivity index (χ3n) is 4.09. The van der Waals surface area contributed by atoms with E-state index in [-0.39, 0.29) is 11.9 Å². The predicted molar refractivity (Wildman–Crippen MR) is 86.9 cm³/mol. The van der Waals surface area contributed by atoms with E-state index in [9.17, 15) is 4.79 Å². The summed E-state index contributed by atoms with van der Waals surface area (Å²) in [5.41, 5.74) is 6.54. The number of nitrogens with zero attached hydrogens (tertiary/aromatic N) is 3. The van der Waals surface area contributed by atoms with E-state index >= 15 is 0 Å². The second-order valence-corrected chi connectivity index (χ2v) is 6.07. The molecule has 122 valence electrons. The Balaban J connectivity index is 1.59. The van der Waals surface area contributed by atoms with Crippen LogP contribution in [0.1, 0.15) is 25.2 Å². The molecule has 0 spiro atoms. The molecule has 0 saturated carbocycles. The summed E-state index contributed by atoms with van der Waals surface area (Å²) in [6.45, 7) is 1.31. The number of likely N-dealkylation sites (tertiary alicyclic amines) is 1. The third kappa shape index (κ3) is 3.71. The Morgan fingerprint density at radius 2 is 2.17 bits per heavy atom. The lowest BCUT2D eigenvalue weighted by atomic mass is 10.2. The van der Waals surface area contributed by atoms with Crippen LogP contribution in [-0.4, -0.2) is 40.1 Å². The zero-order chi connectivity index (χ0) is 16.2. The summed E-state index contributed by atoms with van der Waals surface area (Å²) >= 11 is 5.86. The van der Waals surface area contributed by atoms with E-state index in [1.807, 2.05) is 17.0 Å². The second kappa shape index (κ2) is 7.10. The first-order valence-electron chi connectivity index (χ1n) is 7.75. The van der Waals surface area contributed by atoms with Crippen LogP contribution in [0.5, 0.6) is 0 Å². The summed E-state index contributed by atoms with van der Waals surface area (Å²) in [5, 5.41) is 4.60. The van der Waals surface area contributed by atoms with E-state index in [0.29, 0.717) is 36.1 Å². The molecule has 3 rings (SSSR count). The van der Waals surface area contributed by atoms with Gasteiger partial charge in [0.05, 0.1) is 0 Å². The average molecular weight is 335 g/mol. The van der Waals surface area contributed by atoms with Crippen LogP contribution in [-0.2, 0) is 11.2 Å². The monoisotopic (exact) mass is 334 g/mol. The highest BCUT2D eigenvalue weighted by Gasteiger charge is 2.27. The average Bonchev–Trinajstić information content (AvgIpc) is 3.22. The molecule has 2 aromatic rings. The van der Waals surface area contributed by atoms with Gasteiger partial charge in [0.15, 0.2) is 0 Å². The Kier molecular flexibility index (Phi) is 4.93. The first kappa shape index (κ1) is 16.0. The van der Waals surface area contributed by atoms with Crippen LogP contribution < -0.4 is 5.73 Å². The van der Waals surface area contributed by atoms with Gasteiger partial charge >= 0.3 is 0 Å². The molecule has 1 aliphatic heterocycles.